The van der Waals surface area contributed by atoms with Crippen molar-refractivity contribution in [2.75, 3.05) is 6.54 Å². The highest BCUT2D eigenvalue weighted by atomic mass is 32.2. The van der Waals surface area contributed by atoms with Crippen LogP contribution in [0.1, 0.15) is 65.2 Å². The summed E-state index contributed by atoms with van der Waals surface area (Å²) in [5, 5.41) is 6.21. The van der Waals surface area contributed by atoms with Crippen LogP contribution in [0.5, 0.6) is 0 Å². The van der Waals surface area contributed by atoms with Crippen LogP contribution in [0, 0.1) is 5.92 Å². The van der Waals surface area contributed by atoms with Crippen LogP contribution in [0.3, 0.4) is 0 Å². The number of aromatic amines is 1. The molecule has 1 aliphatic carbocycles. The number of H-pyrrole nitrogens is 1. The van der Waals surface area contributed by atoms with Crippen molar-refractivity contribution in [1.29, 1.82) is 0 Å². The van der Waals surface area contributed by atoms with E-state index < -0.39 is 15.7 Å². The summed E-state index contributed by atoms with van der Waals surface area (Å²) in [6.07, 6.45) is 7.52. The maximum absolute atomic E-state index is 12.6. The Morgan fingerprint density at radius 1 is 1.09 bits per heavy atom. The minimum absolute atomic E-state index is 0.181. The maximum atomic E-state index is 12.6. The van der Waals surface area contributed by atoms with Crippen LogP contribution in [0.4, 0.5) is 0 Å². The number of amides is 1. The number of rotatable bonds is 7. The van der Waals surface area contributed by atoms with Gasteiger partial charge in [0.2, 0.25) is 0 Å². The summed E-state index contributed by atoms with van der Waals surface area (Å²) in [5.41, 5.74) is 10.2. The minimum atomic E-state index is -2.97. The second-order valence-corrected chi connectivity index (χ2v) is 13.5. The first-order valence-electron chi connectivity index (χ1n) is 11.9. The Hall–Kier alpha value is -2.16. The molecule has 2 bridgehead atoms. The van der Waals surface area contributed by atoms with E-state index in [1.165, 1.54) is 17.7 Å². The average molecular weight is 484 g/mol. The van der Waals surface area contributed by atoms with Crippen molar-refractivity contribution in [3.05, 3.63) is 45.8 Å². The molecule has 2 saturated heterocycles. The van der Waals surface area contributed by atoms with E-state index in [2.05, 4.69) is 27.8 Å². The summed E-state index contributed by atoms with van der Waals surface area (Å²) in [5.74, 6) is 0.575. The van der Waals surface area contributed by atoms with Gasteiger partial charge in [-0.2, -0.15) is 0 Å². The highest BCUT2D eigenvalue weighted by Crippen LogP contribution is 2.47. The van der Waals surface area contributed by atoms with Crippen LogP contribution in [0.2, 0.25) is 0 Å². The Kier molecular flexibility index (Phi) is 5.16. The predicted octanol–water partition coefficient (Wildman–Crippen LogP) is 4.32. The number of thiophene rings is 1. The fraction of sp³-hybridized carbons (Fsp3) is 0.480. The van der Waals surface area contributed by atoms with Gasteiger partial charge in [0.25, 0.3) is 5.91 Å². The van der Waals surface area contributed by atoms with E-state index in [1.54, 1.807) is 11.3 Å². The van der Waals surface area contributed by atoms with Crippen molar-refractivity contribution in [2.45, 2.75) is 61.5 Å². The van der Waals surface area contributed by atoms with E-state index in [-0.39, 0.29) is 16.4 Å². The molecule has 2 aliphatic heterocycles. The number of nitrogens with two attached hydrogens (primary N) is 1. The number of sulfone groups is 1. The monoisotopic (exact) mass is 483 g/mol. The van der Waals surface area contributed by atoms with Crippen LogP contribution in [-0.4, -0.2) is 36.4 Å². The third-order valence-corrected chi connectivity index (χ3v) is 11.4. The molecule has 33 heavy (non-hydrogen) atoms. The number of carbonyl (C=O) groups excluding carboxylic acids is 1. The Balaban J connectivity index is 1.34. The first kappa shape index (κ1) is 21.4. The lowest BCUT2D eigenvalue weighted by atomic mass is 9.89. The lowest BCUT2D eigenvalue weighted by Gasteiger charge is -2.27. The van der Waals surface area contributed by atoms with E-state index in [0.717, 1.165) is 59.4 Å². The molecular weight excluding hydrogens is 454 g/mol. The SMILES string of the molecule is NC(=O)c1cc(-c2csc(CNCC3CC3)c2)cc2c(C3CC4CCC(C3)S4(=O)=O)c[nH]c12. The summed E-state index contributed by atoms with van der Waals surface area (Å²) in [4.78, 5) is 16.9. The molecule has 2 unspecified atom stereocenters. The molecule has 4 N–H and O–H groups in total. The molecule has 1 amide bonds. The summed E-state index contributed by atoms with van der Waals surface area (Å²) in [6.45, 7) is 1.94. The van der Waals surface area contributed by atoms with Crippen molar-refractivity contribution < 1.29 is 13.2 Å². The van der Waals surface area contributed by atoms with Crippen molar-refractivity contribution >= 4 is 38.0 Å². The Morgan fingerprint density at radius 3 is 2.55 bits per heavy atom. The van der Waals surface area contributed by atoms with Crippen molar-refractivity contribution in [3.63, 3.8) is 0 Å². The van der Waals surface area contributed by atoms with Crippen molar-refractivity contribution in [3.8, 4) is 11.1 Å². The second kappa shape index (κ2) is 7.96. The zero-order chi connectivity index (χ0) is 22.7. The van der Waals surface area contributed by atoms with Crippen LogP contribution in [0.25, 0.3) is 22.0 Å². The van der Waals surface area contributed by atoms with Gasteiger partial charge in [-0.1, -0.05) is 0 Å². The lowest BCUT2D eigenvalue weighted by Crippen LogP contribution is -2.31. The zero-order valence-corrected chi connectivity index (χ0v) is 20.1. The topological polar surface area (TPSA) is 105 Å². The summed E-state index contributed by atoms with van der Waals surface area (Å²) in [6, 6.07) is 6.21. The first-order chi connectivity index (χ1) is 15.9. The largest absolute Gasteiger partial charge is 0.366 e. The minimum Gasteiger partial charge on any atom is -0.366 e. The van der Waals surface area contributed by atoms with Crippen LogP contribution < -0.4 is 11.1 Å². The van der Waals surface area contributed by atoms with Crippen LogP contribution >= 0.6 is 11.3 Å². The van der Waals surface area contributed by atoms with Gasteiger partial charge in [0.15, 0.2) is 9.84 Å². The van der Waals surface area contributed by atoms with Crippen molar-refractivity contribution in [2.24, 2.45) is 11.7 Å². The molecule has 4 heterocycles. The second-order valence-electron chi connectivity index (χ2n) is 10.0. The molecular formula is C25H29N3O3S2. The smallest absolute Gasteiger partial charge is 0.250 e. The summed E-state index contributed by atoms with van der Waals surface area (Å²) >= 11 is 1.73. The number of aromatic nitrogens is 1. The number of hydrogen-bond acceptors (Lipinski definition) is 5. The molecule has 2 atom stereocenters. The number of primary amides is 1. The van der Waals surface area contributed by atoms with E-state index in [0.29, 0.717) is 18.4 Å². The number of carbonyl (C=O) groups is 1. The van der Waals surface area contributed by atoms with Gasteiger partial charge >= 0.3 is 0 Å². The van der Waals surface area contributed by atoms with Crippen LogP contribution in [-0.2, 0) is 16.4 Å². The predicted molar refractivity (Wildman–Crippen MR) is 132 cm³/mol. The molecule has 3 aromatic rings. The fourth-order valence-electron chi connectivity index (χ4n) is 5.76. The molecule has 0 spiro atoms. The van der Waals surface area contributed by atoms with E-state index in [9.17, 15) is 13.2 Å². The standard InChI is InChI=1S/C25H29N3O3S2/c26-25(29)22-9-15(17-5-18(32-13-17)11-27-10-14-1-2-14)8-21-23(12-28-24(21)22)16-6-19-3-4-20(7-16)33(19,30)31/h5,8-9,12-14,16,19-20,27-28H,1-4,6-7,10-11H2,(H2,26,29). The molecule has 0 radical (unpaired) electrons. The Morgan fingerprint density at radius 2 is 1.85 bits per heavy atom. The molecule has 6 rings (SSSR count). The molecule has 2 aromatic heterocycles. The van der Waals surface area contributed by atoms with Gasteiger partial charge in [-0.25, -0.2) is 8.42 Å². The van der Waals surface area contributed by atoms with E-state index in [1.807, 2.05) is 12.3 Å². The zero-order valence-electron chi connectivity index (χ0n) is 18.5. The Bertz CT molecular complexity index is 1320. The average Bonchev–Trinajstić information content (AvgIpc) is 3.30. The van der Waals surface area contributed by atoms with Crippen molar-refractivity contribution in [1.82, 2.24) is 10.3 Å². The molecule has 174 valence electrons. The maximum Gasteiger partial charge on any atom is 0.250 e. The normalized spacial score (nSPS) is 26.1. The lowest BCUT2D eigenvalue weighted by molar-refractivity contribution is 0.100. The quantitative estimate of drug-likeness (QED) is 0.465. The van der Waals surface area contributed by atoms with Gasteiger partial charge in [-0.15, -0.1) is 11.3 Å². The highest BCUT2D eigenvalue weighted by molar-refractivity contribution is 7.93. The third kappa shape index (κ3) is 3.82. The number of fused-ring (bicyclic) bond motifs is 3. The molecule has 1 aromatic carbocycles. The number of hydrogen-bond donors (Lipinski definition) is 3. The number of nitrogens with one attached hydrogen (secondary N) is 2. The Labute approximate surface area is 197 Å². The number of benzene rings is 1. The summed E-state index contributed by atoms with van der Waals surface area (Å²) < 4.78 is 25.2. The highest BCUT2D eigenvalue weighted by Gasteiger charge is 2.47. The molecule has 3 aliphatic rings. The molecule has 6 nitrogen and oxygen atoms in total. The van der Waals surface area contributed by atoms with E-state index >= 15 is 0 Å². The van der Waals surface area contributed by atoms with Gasteiger partial charge in [0.05, 0.1) is 21.6 Å². The van der Waals surface area contributed by atoms with Gasteiger partial charge < -0.3 is 16.0 Å². The fourth-order valence-corrected chi connectivity index (χ4v) is 9.10. The van der Waals surface area contributed by atoms with Gasteiger partial charge in [-0.3, -0.25) is 4.79 Å². The molecule has 3 fully saturated rings. The van der Waals surface area contributed by atoms with E-state index in [4.69, 9.17) is 5.73 Å². The van der Waals surface area contributed by atoms with Gasteiger partial charge in [0.1, 0.15) is 0 Å². The first-order valence-corrected chi connectivity index (χ1v) is 14.3. The van der Waals surface area contributed by atoms with Crippen LogP contribution in [0.15, 0.2) is 29.8 Å². The molecule has 8 heteroatoms. The summed E-state index contributed by atoms with van der Waals surface area (Å²) in [7, 11) is -2.97. The molecule has 1 saturated carbocycles. The van der Waals surface area contributed by atoms with Gasteiger partial charge in [-0.05, 0) is 97.2 Å². The third-order valence-electron chi connectivity index (χ3n) is 7.78. The van der Waals surface area contributed by atoms with Gasteiger partial charge in [0, 0.05) is 23.0 Å².